The number of rotatable bonds is 18. The molecule has 6 N–H and O–H groups in total. The molecule has 0 aliphatic carbocycles. The summed E-state index contributed by atoms with van der Waals surface area (Å²) in [6.45, 7) is 1.35. The summed E-state index contributed by atoms with van der Waals surface area (Å²) in [5.74, 6) is -8.05. The van der Waals surface area contributed by atoms with Gasteiger partial charge in [-0.3, -0.25) is 19.4 Å². The van der Waals surface area contributed by atoms with Crippen LogP contribution in [0.25, 0.3) is 0 Å². The lowest BCUT2D eigenvalue weighted by atomic mass is 10.2. The van der Waals surface area contributed by atoms with Gasteiger partial charge in [0, 0.05) is 12.8 Å². The monoisotopic (exact) mass is 778 g/mol. The number of hydrogen-bond acceptors (Lipinski definition) is 18. The maximum atomic E-state index is 12.8. The second-order valence-electron chi connectivity index (χ2n) is 10.8. The number of aliphatic hydroxyl groups is 4. The molecule has 51 heavy (non-hydrogen) atoms. The van der Waals surface area contributed by atoms with E-state index in [0.717, 1.165) is 0 Å². The lowest BCUT2D eigenvalue weighted by Gasteiger charge is -2.29. The van der Waals surface area contributed by atoms with Crippen molar-refractivity contribution < 1.29 is 96.1 Å². The molecule has 292 valence electrons. The van der Waals surface area contributed by atoms with Crippen LogP contribution in [0.5, 0.6) is 0 Å². The van der Waals surface area contributed by atoms with Gasteiger partial charge in [-0.1, -0.05) is 7.43 Å². The highest BCUT2D eigenvalue weighted by Gasteiger charge is 2.46. The molecule has 4 unspecified atom stereocenters. The Morgan fingerprint density at radius 2 is 1.04 bits per heavy atom. The van der Waals surface area contributed by atoms with E-state index < -0.39 is 100 Å². The number of esters is 4. The predicted molar refractivity (Wildman–Crippen MR) is 169 cm³/mol. The molecular weight excluding hydrogens is 734 g/mol. The summed E-state index contributed by atoms with van der Waals surface area (Å²) in [6, 6.07) is 0. The van der Waals surface area contributed by atoms with Gasteiger partial charge in [-0.15, -0.1) is 0 Å². The van der Waals surface area contributed by atoms with Crippen molar-refractivity contribution in [1.29, 1.82) is 0 Å². The molecule has 0 saturated heterocycles. The van der Waals surface area contributed by atoms with Gasteiger partial charge in [-0.2, -0.15) is 0 Å². The quantitative estimate of drug-likeness (QED) is 0.0601. The number of cyclic esters (lactones) is 2. The number of carbonyl (C=O) groups excluding carboxylic acids is 6. The zero-order valence-corrected chi connectivity index (χ0v) is 29.5. The maximum absolute atomic E-state index is 12.8. The molecule has 0 fully saturated rings. The molecule has 0 aromatic carbocycles. The van der Waals surface area contributed by atoms with Gasteiger partial charge in [0.05, 0.1) is 12.8 Å². The van der Waals surface area contributed by atoms with Gasteiger partial charge in [0.25, 0.3) is 11.5 Å². The smallest absolute Gasteiger partial charge is 0.505 e. The number of nitrogens with zero attached hydrogens (tertiary/aromatic N) is 2. The fraction of sp³-hybridized carbons (Fsp3) is 0.630. The lowest BCUT2D eigenvalue weighted by Crippen LogP contribution is -2.33. The van der Waals surface area contributed by atoms with Gasteiger partial charge in [0.2, 0.25) is 0 Å². The van der Waals surface area contributed by atoms with Gasteiger partial charge >= 0.3 is 39.4 Å². The third-order valence-corrected chi connectivity index (χ3v) is 9.03. The molecule has 24 heteroatoms. The Balaban J connectivity index is 0.000000973. The zero-order chi connectivity index (χ0) is 38.7. The average molecular weight is 779 g/mol. The van der Waals surface area contributed by atoms with Gasteiger partial charge < -0.3 is 58.0 Å². The summed E-state index contributed by atoms with van der Waals surface area (Å²) in [6.07, 6.45) is -6.92. The number of phosphoric acid groups is 1. The van der Waals surface area contributed by atoms with E-state index in [0.29, 0.717) is 0 Å². The Bertz CT molecular complexity index is 1460. The molecule has 0 aromatic rings. The summed E-state index contributed by atoms with van der Waals surface area (Å²) >= 11 is 0. The minimum atomic E-state index is -5.11. The van der Waals surface area contributed by atoms with Crippen LogP contribution in [0.4, 0.5) is 0 Å². The van der Waals surface area contributed by atoms with Crippen molar-refractivity contribution in [3.8, 4) is 0 Å². The van der Waals surface area contributed by atoms with Crippen molar-refractivity contribution in [3.05, 3.63) is 23.0 Å². The largest absolute Gasteiger partial charge is 0.525 e. The predicted octanol–water partition coefficient (Wildman–Crippen LogP) is -0.0973. The highest BCUT2D eigenvalue weighted by Crippen LogP contribution is 2.53. The number of aliphatic hydroxyl groups excluding tert-OH is 4. The number of ether oxygens (including phenoxy) is 4. The Kier molecular flexibility index (Phi) is 18.7. The van der Waals surface area contributed by atoms with E-state index in [2.05, 4.69) is 14.0 Å². The second-order valence-corrected chi connectivity index (χ2v) is 14.8. The summed E-state index contributed by atoms with van der Waals surface area (Å²) in [5, 5.41) is 39.5. The van der Waals surface area contributed by atoms with Crippen molar-refractivity contribution in [3.63, 3.8) is 0 Å². The van der Waals surface area contributed by atoms with Crippen LogP contribution in [0.2, 0.25) is 0 Å². The molecule has 2 heterocycles. The fourth-order valence-electron chi connectivity index (χ4n) is 3.60. The summed E-state index contributed by atoms with van der Waals surface area (Å²) in [4.78, 5) is 84.7. The van der Waals surface area contributed by atoms with Gasteiger partial charge in [0.1, 0.15) is 37.0 Å². The van der Waals surface area contributed by atoms with Crippen LogP contribution in [0, 0.1) is 0 Å². The first-order valence-corrected chi connectivity index (χ1v) is 17.3. The summed E-state index contributed by atoms with van der Waals surface area (Å²) < 4.78 is 53.9. The van der Waals surface area contributed by atoms with Crippen LogP contribution in [0.15, 0.2) is 23.0 Å². The number of phosphoric ester groups is 1. The van der Waals surface area contributed by atoms with E-state index in [4.69, 9.17) is 23.8 Å². The molecular formula is C27H44N2O20P2. The van der Waals surface area contributed by atoms with E-state index in [1.165, 1.54) is 51.4 Å². The van der Waals surface area contributed by atoms with E-state index in [1.807, 2.05) is 0 Å². The molecule has 2 aliphatic rings. The Labute approximate surface area is 292 Å². The van der Waals surface area contributed by atoms with Crippen molar-refractivity contribution in [2.75, 3.05) is 41.4 Å². The third-order valence-electron chi connectivity index (χ3n) is 6.17. The molecule has 2 rings (SSSR count). The molecule has 0 amide bonds. The Hall–Kier alpha value is -3.88. The summed E-state index contributed by atoms with van der Waals surface area (Å²) in [5.41, 5.74) is 0. The standard InChI is InChI=1S/C15H25N2O9P.C11H15O11P.CH4/c1-9(18)6-7-11(20)24-8-10(19)13-12(21)14(15(22)25-13)26-27(23,16(2)3)17(4)5;1-5(12)2-3-7(14)20-4-6(13)9-8(15)10(11(16)21-9)22-23(17,18)19;/h10,13,19,21H,6-8H2,1-5H3;6,9,13,15H,2-4H2,1H3,(H2,17,18,19);1H4. The highest BCUT2D eigenvalue weighted by molar-refractivity contribution is 7.54. The van der Waals surface area contributed by atoms with Crippen LogP contribution in [0.3, 0.4) is 0 Å². The van der Waals surface area contributed by atoms with Gasteiger partial charge in [0.15, 0.2) is 23.7 Å². The van der Waals surface area contributed by atoms with Crippen LogP contribution < -0.4 is 0 Å². The molecule has 4 atom stereocenters. The Morgan fingerprint density at radius 3 is 1.33 bits per heavy atom. The SMILES string of the molecule is C.CC(=O)CCC(=O)OCC(O)C1OC(=O)C(OP(=O)(N(C)C)N(C)C)=C1O.CC(=O)CCC(=O)OCC(O)C1OC(=O)C(OP(=O)(O)O)=C1O. The fourth-order valence-corrected chi connectivity index (χ4v) is 5.45. The molecule has 0 spiro atoms. The third kappa shape index (κ3) is 14.7. The number of hydrogen-bond donors (Lipinski definition) is 6. The van der Waals surface area contributed by atoms with Crippen LogP contribution in [-0.2, 0) is 65.9 Å². The lowest BCUT2D eigenvalue weighted by molar-refractivity contribution is -0.156. The van der Waals surface area contributed by atoms with Crippen molar-refractivity contribution in [1.82, 2.24) is 9.34 Å². The zero-order valence-electron chi connectivity index (χ0n) is 27.7. The van der Waals surface area contributed by atoms with Crippen molar-refractivity contribution >= 4 is 50.9 Å². The van der Waals surface area contributed by atoms with E-state index in [1.54, 1.807) is 0 Å². The average Bonchev–Trinajstić information content (AvgIpc) is 3.44. The first kappa shape index (κ1) is 47.1. The normalized spacial score (nSPS) is 18.6. The highest BCUT2D eigenvalue weighted by atomic mass is 31.2. The van der Waals surface area contributed by atoms with Crippen LogP contribution >= 0.6 is 15.5 Å². The first-order chi connectivity index (χ1) is 22.9. The maximum Gasteiger partial charge on any atom is 0.525 e. The topological polar surface area (TPSA) is 320 Å². The van der Waals surface area contributed by atoms with Crippen LogP contribution in [-0.4, -0.2) is 141 Å². The molecule has 2 aliphatic heterocycles. The van der Waals surface area contributed by atoms with Crippen molar-refractivity contribution in [2.45, 2.75) is 71.4 Å². The number of ketones is 2. The molecule has 0 bridgehead atoms. The molecule has 0 aromatic heterocycles. The van der Waals surface area contributed by atoms with Gasteiger partial charge in [-0.05, 0) is 42.0 Å². The first-order valence-electron chi connectivity index (χ1n) is 14.3. The minimum absolute atomic E-state index is 0. The van der Waals surface area contributed by atoms with Gasteiger partial charge in [-0.25, -0.2) is 28.1 Å². The molecule has 0 radical (unpaired) electrons. The van der Waals surface area contributed by atoms with Crippen molar-refractivity contribution in [2.24, 2.45) is 0 Å². The Morgan fingerprint density at radius 1 is 0.706 bits per heavy atom. The second kappa shape index (κ2) is 20.2. The molecule has 0 saturated carbocycles. The molecule has 22 nitrogen and oxygen atoms in total. The van der Waals surface area contributed by atoms with E-state index in [9.17, 15) is 58.3 Å². The van der Waals surface area contributed by atoms with Crippen LogP contribution in [0.1, 0.15) is 47.0 Å². The number of carbonyl (C=O) groups is 6. The minimum Gasteiger partial charge on any atom is -0.505 e. The van der Waals surface area contributed by atoms with E-state index in [-0.39, 0.29) is 44.7 Å². The van der Waals surface area contributed by atoms with E-state index >= 15 is 0 Å². The summed E-state index contributed by atoms with van der Waals surface area (Å²) in [7, 11) is -2.90. The number of Topliss-reactive ketones (excluding diaryl/α,β-unsaturated/α-hetero) is 2.